The van der Waals surface area contributed by atoms with Gasteiger partial charge in [0.2, 0.25) is 5.91 Å². The second-order valence-electron chi connectivity index (χ2n) is 5.07. The molecule has 2 N–H and O–H groups in total. The summed E-state index contributed by atoms with van der Waals surface area (Å²) in [6, 6.07) is 5.09. The molecule has 0 aromatic heterocycles. The number of nitrogens with zero attached hydrogens (tertiary/aromatic N) is 1. The third kappa shape index (κ3) is 2.53. The van der Waals surface area contributed by atoms with Crippen molar-refractivity contribution in [1.82, 2.24) is 10.2 Å². The molecule has 0 spiro atoms. The third-order valence-corrected chi connectivity index (χ3v) is 4.73. The molecule has 1 fully saturated rings. The summed E-state index contributed by atoms with van der Waals surface area (Å²) in [5.41, 5.74) is 2.38. The standard InChI is InChI=1S/C14H16N2O3S/c17-13(12-7-20-8-15-12)16-4-3-9-1-2-10(14(18)19)5-11(9)6-16/h1-2,5,12,15H,3-4,6-8H2,(H,18,19). The van der Waals surface area contributed by atoms with Crippen molar-refractivity contribution in [2.75, 3.05) is 18.2 Å². The molecule has 1 aromatic carbocycles. The van der Waals surface area contributed by atoms with Crippen LogP contribution in [0.4, 0.5) is 0 Å². The molecule has 0 saturated carbocycles. The molecule has 1 aromatic rings. The van der Waals surface area contributed by atoms with Crippen molar-refractivity contribution in [2.24, 2.45) is 0 Å². The lowest BCUT2D eigenvalue weighted by atomic mass is 9.97. The molecule has 2 heterocycles. The Kier molecular flexibility index (Phi) is 3.67. The van der Waals surface area contributed by atoms with E-state index in [-0.39, 0.29) is 17.5 Å². The monoisotopic (exact) mass is 292 g/mol. The van der Waals surface area contributed by atoms with Crippen LogP contribution in [0, 0.1) is 0 Å². The molecule has 1 unspecified atom stereocenters. The van der Waals surface area contributed by atoms with Gasteiger partial charge in [0.05, 0.1) is 11.6 Å². The first kappa shape index (κ1) is 13.5. The van der Waals surface area contributed by atoms with Crippen molar-refractivity contribution < 1.29 is 14.7 Å². The second-order valence-corrected chi connectivity index (χ2v) is 6.10. The molecule has 0 radical (unpaired) electrons. The van der Waals surface area contributed by atoms with Gasteiger partial charge in [0.1, 0.15) is 0 Å². The van der Waals surface area contributed by atoms with Crippen molar-refractivity contribution in [1.29, 1.82) is 0 Å². The summed E-state index contributed by atoms with van der Waals surface area (Å²) in [4.78, 5) is 25.2. The molecular formula is C14H16N2O3S. The lowest BCUT2D eigenvalue weighted by molar-refractivity contribution is -0.133. The van der Waals surface area contributed by atoms with Crippen molar-refractivity contribution >= 4 is 23.6 Å². The zero-order chi connectivity index (χ0) is 14.1. The smallest absolute Gasteiger partial charge is 0.335 e. The minimum Gasteiger partial charge on any atom is -0.478 e. The highest BCUT2D eigenvalue weighted by Crippen LogP contribution is 2.22. The van der Waals surface area contributed by atoms with Gasteiger partial charge in [-0.2, -0.15) is 0 Å². The number of nitrogens with one attached hydrogen (secondary N) is 1. The molecule has 2 aliphatic rings. The molecule has 5 nitrogen and oxygen atoms in total. The van der Waals surface area contributed by atoms with Crippen LogP contribution in [0.1, 0.15) is 21.5 Å². The van der Waals surface area contributed by atoms with Gasteiger partial charge in [-0.25, -0.2) is 4.79 Å². The molecule has 0 aliphatic carbocycles. The predicted octanol–water partition coefficient (Wildman–Crippen LogP) is 0.932. The van der Waals surface area contributed by atoms with Crippen molar-refractivity contribution in [3.05, 3.63) is 34.9 Å². The maximum Gasteiger partial charge on any atom is 0.335 e. The SMILES string of the molecule is O=C(O)c1ccc2c(c1)CN(C(=O)C1CSCN1)CC2. The van der Waals surface area contributed by atoms with Gasteiger partial charge in [-0.05, 0) is 29.7 Å². The van der Waals surface area contributed by atoms with Crippen LogP contribution in [-0.2, 0) is 17.8 Å². The summed E-state index contributed by atoms with van der Waals surface area (Å²) < 4.78 is 0. The maximum absolute atomic E-state index is 12.4. The van der Waals surface area contributed by atoms with Crippen molar-refractivity contribution in [3.63, 3.8) is 0 Å². The van der Waals surface area contributed by atoms with Crippen molar-refractivity contribution in [3.8, 4) is 0 Å². The zero-order valence-electron chi connectivity index (χ0n) is 11.0. The van der Waals surface area contributed by atoms with Gasteiger partial charge < -0.3 is 10.0 Å². The number of carbonyl (C=O) groups excluding carboxylic acids is 1. The highest BCUT2D eigenvalue weighted by molar-refractivity contribution is 7.99. The van der Waals surface area contributed by atoms with Crippen LogP contribution in [-0.4, -0.2) is 46.1 Å². The number of amides is 1. The van der Waals surface area contributed by atoms with E-state index in [1.165, 1.54) is 0 Å². The topological polar surface area (TPSA) is 69.6 Å². The number of carboxylic acid groups (broad SMARTS) is 1. The average Bonchev–Trinajstić information content (AvgIpc) is 2.99. The van der Waals surface area contributed by atoms with Crippen LogP contribution in [0.25, 0.3) is 0 Å². The Bertz CT molecular complexity index is 555. The quantitative estimate of drug-likeness (QED) is 0.849. The number of rotatable bonds is 2. The first-order chi connectivity index (χ1) is 9.65. The van der Waals surface area contributed by atoms with Gasteiger partial charge in [-0.15, -0.1) is 11.8 Å². The minimum atomic E-state index is -0.926. The maximum atomic E-state index is 12.4. The fourth-order valence-electron chi connectivity index (χ4n) is 2.65. The van der Waals surface area contributed by atoms with Crippen LogP contribution in [0.15, 0.2) is 18.2 Å². The number of aromatic carboxylic acids is 1. The van der Waals surface area contributed by atoms with Gasteiger partial charge >= 0.3 is 5.97 Å². The predicted molar refractivity (Wildman–Crippen MR) is 76.8 cm³/mol. The lowest BCUT2D eigenvalue weighted by Gasteiger charge is -2.31. The highest BCUT2D eigenvalue weighted by atomic mass is 32.2. The normalized spacial score (nSPS) is 21.6. The summed E-state index contributed by atoms with van der Waals surface area (Å²) in [6.45, 7) is 1.22. The summed E-state index contributed by atoms with van der Waals surface area (Å²) in [6.07, 6.45) is 0.792. The summed E-state index contributed by atoms with van der Waals surface area (Å²) in [5, 5.41) is 12.2. The number of hydrogen-bond acceptors (Lipinski definition) is 4. The van der Waals surface area contributed by atoms with E-state index in [0.29, 0.717) is 13.1 Å². The first-order valence-corrected chi connectivity index (χ1v) is 7.75. The largest absolute Gasteiger partial charge is 0.478 e. The van der Waals surface area contributed by atoms with Crippen LogP contribution >= 0.6 is 11.8 Å². The van der Waals surface area contributed by atoms with Crippen LogP contribution in [0.5, 0.6) is 0 Å². The number of carboxylic acids is 1. The van der Waals surface area contributed by atoms with Gasteiger partial charge in [0.15, 0.2) is 0 Å². The number of fused-ring (bicyclic) bond motifs is 1. The Hall–Kier alpha value is -1.53. The molecule has 2 aliphatic heterocycles. The van der Waals surface area contributed by atoms with E-state index in [1.807, 2.05) is 11.0 Å². The van der Waals surface area contributed by atoms with E-state index in [4.69, 9.17) is 5.11 Å². The Morgan fingerprint density at radius 1 is 1.35 bits per heavy atom. The molecule has 0 bridgehead atoms. The molecule has 1 amide bonds. The number of carbonyl (C=O) groups is 2. The summed E-state index contributed by atoms with van der Waals surface area (Å²) in [5.74, 6) is 0.841. The lowest BCUT2D eigenvalue weighted by Crippen LogP contribution is -2.46. The highest BCUT2D eigenvalue weighted by Gasteiger charge is 2.29. The Morgan fingerprint density at radius 2 is 2.20 bits per heavy atom. The van der Waals surface area contributed by atoms with E-state index in [2.05, 4.69) is 5.32 Å². The van der Waals surface area contributed by atoms with E-state index in [1.54, 1.807) is 23.9 Å². The summed E-state index contributed by atoms with van der Waals surface area (Å²) >= 11 is 1.73. The number of hydrogen-bond donors (Lipinski definition) is 2. The molecule has 6 heteroatoms. The van der Waals surface area contributed by atoms with Crippen LogP contribution in [0.2, 0.25) is 0 Å². The molecule has 106 valence electrons. The van der Waals surface area contributed by atoms with Gasteiger partial charge in [-0.3, -0.25) is 10.1 Å². The number of benzene rings is 1. The summed E-state index contributed by atoms with van der Waals surface area (Å²) in [7, 11) is 0. The van der Waals surface area contributed by atoms with E-state index in [0.717, 1.165) is 29.2 Å². The molecular weight excluding hydrogens is 276 g/mol. The zero-order valence-corrected chi connectivity index (χ0v) is 11.8. The van der Waals surface area contributed by atoms with Gasteiger partial charge in [-0.1, -0.05) is 6.07 Å². The Morgan fingerprint density at radius 3 is 2.90 bits per heavy atom. The van der Waals surface area contributed by atoms with Gasteiger partial charge in [0.25, 0.3) is 0 Å². The molecule has 3 rings (SSSR count). The van der Waals surface area contributed by atoms with E-state index >= 15 is 0 Å². The number of thioether (sulfide) groups is 1. The molecule has 20 heavy (non-hydrogen) atoms. The van der Waals surface area contributed by atoms with Crippen LogP contribution in [0.3, 0.4) is 0 Å². The third-order valence-electron chi connectivity index (χ3n) is 3.79. The Balaban J connectivity index is 1.78. The van der Waals surface area contributed by atoms with Crippen molar-refractivity contribution in [2.45, 2.75) is 19.0 Å². The Labute approximate surface area is 121 Å². The fourth-order valence-corrected chi connectivity index (χ4v) is 3.59. The van der Waals surface area contributed by atoms with Crippen LogP contribution < -0.4 is 5.32 Å². The molecule has 1 saturated heterocycles. The molecule has 1 atom stereocenters. The minimum absolute atomic E-state index is 0.0933. The van der Waals surface area contributed by atoms with Gasteiger partial charge in [0, 0.05) is 24.7 Å². The second kappa shape index (κ2) is 5.46. The fraction of sp³-hybridized carbons (Fsp3) is 0.429. The van der Waals surface area contributed by atoms with E-state index in [9.17, 15) is 9.59 Å². The van der Waals surface area contributed by atoms with E-state index < -0.39 is 5.97 Å². The average molecular weight is 292 g/mol. The first-order valence-electron chi connectivity index (χ1n) is 6.60.